The molecule has 14 heavy (non-hydrogen) atoms. The number of rotatable bonds is 9. The third-order valence-electron chi connectivity index (χ3n) is 2.19. The van der Waals surface area contributed by atoms with Crippen LogP contribution in [0.3, 0.4) is 0 Å². The van der Waals surface area contributed by atoms with Crippen LogP contribution >= 0.6 is 8.03 Å². The Bertz CT molecular complexity index is 131. The van der Waals surface area contributed by atoms with Crippen LogP contribution in [-0.4, -0.2) is 6.16 Å². The first-order valence-electron chi connectivity index (χ1n) is 5.39. The molecule has 78 valence electrons. The number of hydrogen-bond acceptors (Lipinski definition) is 2. The van der Waals surface area contributed by atoms with Crippen LogP contribution < -0.4 is 34.5 Å². The number of hydrogen-bond donors (Lipinski definition) is 0. The minimum atomic E-state index is -2.13. The maximum atomic E-state index is 10.2. The fourth-order valence-corrected chi connectivity index (χ4v) is 1.86. The Morgan fingerprint density at radius 3 is 1.79 bits per heavy atom. The van der Waals surface area contributed by atoms with Gasteiger partial charge >= 0.3 is 37.6 Å². The average molecular weight is 227 g/mol. The standard InChI is InChI=1S/C10H21O2P.Na/c1-2-3-4-5-6-7-8-9-10-13(11)12;/h2-10H2,1H3;/q;+1. The Balaban J connectivity index is 0. The van der Waals surface area contributed by atoms with Crippen molar-refractivity contribution in [1.29, 1.82) is 0 Å². The monoisotopic (exact) mass is 227 g/mol. The third-order valence-corrected chi connectivity index (χ3v) is 2.88. The maximum absolute atomic E-state index is 10.2. The van der Waals surface area contributed by atoms with E-state index < -0.39 is 8.03 Å². The quantitative estimate of drug-likeness (QED) is 0.321. The van der Waals surface area contributed by atoms with Crippen molar-refractivity contribution in [3.63, 3.8) is 0 Å². The summed E-state index contributed by atoms with van der Waals surface area (Å²) in [6.45, 7) is 2.21. The van der Waals surface area contributed by atoms with E-state index in [2.05, 4.69) is 6.92 Å². The van der Waals surface area contributed by atoms with E-state index in [-0.39, 0.29) is 29.6 Å². The molecule has 0 aromatic heterocycles. The van der Waals surface area contributed by atoms with E-state index in [1.807, 2.05) is 0 Å². The molecule has 1 atom stereocenters. The molecule has 0 amide bonds. The SMILES string of the molecule is CCCCCCCCCC[P+](=O)[O-].[Na+]. The van der Waals surface area contributed by atoms with Gasteiger partial charge in [0.25, 0.3) is 0 Å². The van der Waals surface area contributed by atoms with E-state index in [1.165, 1.54) is 38.5 Å². The minimum Gasteiger partial charge on any atom is -0.596 e. The molecule has 1 unspecified atom stereocenters. The van der Waals surface area contributed by atoms with Gasteiger partial charge in [-0.3, -0.25) is 0 Å². The molecular formula is C10H21NaO2P+. The third kappa shape index (κ3) is 15.5. The largest absolute Gasteiger partial charge is 1.00 e. The molecule has 4 heteroatoms. The maximum Gasteiger partial charge on any atom is 1.00 e. The fourth-order valence-electron chi connectivity index (χ4n) is 1.37. The van der Waals surface area contributed by atoms with Gasteiger partial charge in [0.15, 0.2) is 0 Å². The van der Waals surface area contributed by atoms with Crippen LogP contribution in [0.4, 0.5) is 0 Å². The van der Waals surface area contributed by atoms with Crippen molar-refractivity contribution in [2.75, 3.05) is 6.16 Å². The summed E-state index contributed by atoms with van der Waals surface area (Å²) in [7, 11) is -2.13. The molecule has 0 aliphatic heterocycles. The molecule has 0 N–H and O–H groups in total. The van der Waals surface area contributed by atoms with Crippen LogP contribution in [0.1, 0.15) is 58.3 Å². The summed E-state index contributed by atoms with van der Waals surface area (Å²) in [6.07, 6.45) is 10.1. The molecule has 2 nitrogen and oxygen atoms in total. The van der Waals surface area contributed by atoms with Crippen molar-refractivity contribution in [3.05, 3.63) is 0 Å². The number of unbranched alkanes of at least 4 members (excludes halogenated alkanes) is 7. The van der Waals surface area contributed by atoms with Gasteiger partial charge in [0, 0.05) is 0 Å². The van der Waals surface area contributed by atoms with Crippen LogP contribution in [0.25, 0.3) is 0 Å². The molecule has 0 heterocycles. The second-order valence-corrected chi connectivity index (χ2v) is 4.64. The van der Waals surface area contributed by atoms with E-state index in [0.29, 0.717) is 6.16 Å². The second-order valence-electron chi connectivity index (χ2n) is 3.53. The van der Waals surface area contributed by atoms with Crippen molar-refractivity contribution in [2.45, 2.75) is 58.3 Å². The summed E-state index contributed by atoms with van der Waals surface area (Å²) in [5.74, 6) is 0. The van der Waals surface area contributed by atoms with Crippen LogP contribution in [0, 0.1) is 0 Å². The Morgan fingerprint density at radius 2 is 1.36 bits per heavy atom. The van der Waals surface area contributed by atoms with E-state index in [4.69, 9.17) is 0 Å². The molecule has 0 fully saturated rings. The molecule has 0 saturated carbocycles. The predicted octanol–water partition coefficient (Wildman–Crippen LogP) is 0.234. The molecule has 0 spiro atoms. The molecule has 0 aliphatic carbocycles. The zero-order valence-electron chi connectivity index (χ0n) is 9.63. The van der Waals surface area contributed by atoms with Crippen LogP contribution in [0.2, 0.25) is 0 Å². The van der Waals surface area contributed by atoms with E-state index in [0.717, 1.165) is 12.8 Å². The first-order chi connectivity index (χ1) is 6.27. The predicted molar refractivity (Wildman–Crippen MR) is 55.1 cm³/mol. The zero-order chi connectivity index (χ0) is 9.94. The first-order valence-corrected chi connectivity index (χ1v) is 6.75. The molecule has 0 aromatic carbocycles. The molecule has 0 aliphatic rings. The van der Waals surface area contributed by atoms with Gasteiger partial charge in [0.05, 0.1) is 0 Å². The van der Waals surface area contributed by atoms with Gasteiger partial charge < -0.3 is 4.89 Å². The molecule has 0 rings (SSSR count). The van der Waals surface area contributed by atoms with Crippen molar-refractivity contribution in [1.82, 2.24) is 0 Å². The van der Waals surface area contributed by atoms with Crippen molar-refractivity contribution in [3.8, 4) is 0 Å². The van der Waals surface area contributed by atoms with Crippen molar-refractivity contribution < 1.29 is 39.0 Å². The first kappa shape index (κ1) is 17.5. The van der Waals surface area contributed by atoms with Crippen LogP contribution in [0.15, 0.2) is 0 Å². The normalized spacial score (nSPS) is 10.9. The van der Waals surface area contributed by atoms with Crippen molar-refractivity contribution >= 4 is 8.03 Å². The van der Waals surface area contributed by atoms with Gasteiger partial charge in [-0.25, -0.2) is 0 Å². The van der Waals surface area contributed by atoms with E-state index in [9.17, 15) is 9.46 Å². The molecule has 0 aromatic rings. The van der Waals surface area contributed by atoms with Crippen molar-refractivity contribution in [2.24, 2.45) is 0 Å². The smallest absolute Gasteiger partial charge is 0.596 e. The summed E-state index contributed by atoms with van der Waals surface area (Å²) in [4.78, 5) is 10.2. The minimum absolute atomic E-state index is 0. The summed E-state index contributed by atoms with van der Waals surface area (Å²) >= 11 is 0. The second kappa shape index (κ2) is 14.1. The summed E-state index contributed by atoms with van der Waals surface area (Å²) < 4.78 is 10.2. The fraction of sp³-hybridized carbons (Fsp3) is 1.00. The molecule has 0 bridgehead atoms. The Morgan fingerprint density at radius 1 is 0.929 bits per heavy atom. The topological polar surface area (TPSA) is 40.1 Å². The van der Waals surface area contributed by atoms with Gasteiger partial charge in [-0.15, -0.1) is 0 Å². The molecule has 0 saturated heterocycles. The Labute approximate surface area is 111 Å². The summed E-state index contributed by atoms with van der Waals surface area (Å²) in [5, 5.41) is 0. The van der Waals surface area contributed by atoms with Crippen LogP contribution in [-0.2, 0) is 4.57 Å². The van der Waals surface area contributed by atoms with E-state index in [1.54, 1.807) is 0 Å². The Kier molecular flexibility index (Phi) is 17.5. The van der Waals surface area contributed by atoms with E-state index >= 15 is 0 Å². The average Bonchev–Trinajstić information content (AvgIpc) is 2.09. The molecule has 0 radical (unpaired) electrons. The zero-order valence-corrected chi connectivity index (χ0v) is 12.5. The van der Waals surface area contributed by atoms with Gasteiger partial charge in [-0.1, -0.05) is 50.0 Å². The summed E-state index contributed by atoms with van der Waals surface area (Å²) in [6, 6.07) is 0. The molecular weight excluding hydrogens is 206 g/mol. The van der Waals surface area contributed by atoms with Gasteiger partial charge in [-0.2, -0.15) is 0 Å². The van der Waals surface area contributed by atoms with Gasteiger partial charge in [0.2, 0.25) is 0 Å². The summed E-state index contributed by atoms with van der Waals surface area (Å²) in [5.41, 5.74) is 0. The Hall–Kier alpha value is 1.06. The van der Waals surface area contributed by atoms with Crippen LogP contribution in [0.5, 0.6) is 0 Å². The van der Waals surface area contributed by atoms with Gasteiger partial charge in [-0.05, 0) is 12.8 Å². The van der Waals surface area contributed by atoms with Gasteiger partial charge in [0.1, 0.15) is 6.16 Å².